The molecule has 6 heteroatoms. The second-order valence-corrected chi connectivity index (χ2v) is 6.76. The SMILES string of the molecule is C=CC(C)(C)c1c(O)c2c(=O)c3ccc(O)c(O)c3oc2c2ccoc12. The standard InChI is InChI=1S/C20H16O6/c1-4-20(2,3)13-16(24)12-14(22)9-5-6-11(21)15(23)19(9)26-17(12)10-7-8-25-18(10)13/h4-8,21,23-24H,1H2,2-3H3. The van der Waals surface area contributed by atoms with Crippen LogP contribution in [0, 0.1) is 0 Å². The summed E-state index contributed by atoms with van der Waals surface area (Å²) in [4.78, 5) is 13.0. The molecule has 0 saturated carbocycles. The number of hydrogen-bond donors (Lipinski definition) is 3. The predicted octanol–water partition coefficient (Wildman–Crippen LogP) is 4.27. The van der Waals surface area contributed by atoms with Gasteiger partial charge in [-0.05, 0) is 18.2 Å². The van der Waals surface area contributed by atoms with Crippen LogP contribution in [-0.4, -0.2) is 15.3 Å². The van der Waals surface area contributed by atoms with Gasteiger partial charge in [-0.1, -0.05) is 19.9 Å². The van der Waals surface area contributed by atoms with Crippen LogP contribution < -0.4 is 5.43 Å². The molecule has 0 fully saturated rings. The van der Waals surface area contributed by atoms with E-state index in [9.17, 15) is 20.1 Å². The van der Waals surface area contributed by atoms with Gasteiger partial charge in [-0.15, -0.1) is 6.58 Å². The zero-order valence-corrected chi connectivity index (χ0v) is 14.2. The Morgan fingerprint density at radius 1 is 1.00 bits per heavy atom. The largest absolute Gasteiger partial charge is 0.507 e. The Morgan fingerprint density at radius 3 is 2.42 bits per heavy atom. The molecule has 2 aromatic carbocycles. The van der Waals surface area contributed by atoms with Gasteiger partial charge >= 0.3 is 0 Å². The minimum Gasteiger partial charge on any atom is -0.507 e. The monoisotopic (exact) mass is 352 g/mol. The second kappa shape index (κ2) is 5.05. The molecular formula is C20H16O6. The minimum atomic E-state index is -0.674. The number of hydrogen-bond acceptors (Lipinski definition) is 6. The van der Waals surface area contributed by atoms with Gasteiger partial charge in [0.2, 0.25) is 11.2 Å². The summed E-state index contributed by atoms with van der Waals surface area (Å²) in [6, 6.07) is 4.16. The highest BCUT2D eigenvalue weighted by Crippen LogP contribution is 2.45. The fraction of sp³-hybridized carbons (Fsp3) is 0.150. The topological polar surface area (TPSA) is 104 Å². The quantitative estimate of drug-likeness (QED) is 0.283. The molecule has 4 aromatic rings. The molecule has 0 saturated heterocycles. The van der Waals surface area contributed by atoms with Crippen LogP contribution in [0.2, 0.25) is 0 Å². The van der Waals surface area contributed by atoms with Crippen LogP contribution in [-0.2, 0) is 5.41 Å². The first kappa shape index (κ1) is 16.1. The van der Waals surface area contributed by atoms with E-state index in [1.807, 2.05) is 13.8 Å². The Bertz CT molecular complexity index is 1270. The Balaban J connectivity index is 2.35. The molecule has 4 rings (SSSR count). The third kappa shape index (κ3) is 1.89. The smallest absolute Gasteiger partial charge is 0.204 e. The normalized spacial score (nSPS) is 12.2. The highest BCUT2D eigenvalue weighted by atomic mass is 16.4. The van der Waals surface area contributed by atoms with Crippen molar-refractivity contribution in [3.05, 3.63) is 52.9 Å². The summed E-state index contributed by atoms with van der Waals surface area (Å²) in [5.41, 5.74) is -0.476. The third-order valence-corrected chi connectivity index (χ3v) is 4.78. The molecule has 0 amide bonds. The summed E-state index contributed by atoms with van der Waals surface area (Å²) in [5, 5.41) is 31.2. The lowest BCUT2D eigenvalue weighted by Gasteiger charge is -2.22. The Kier molecular flexibility index (Phi) is 3.12. The summed E-state index contributed by atoms with van der Waals surface area (Å²) in [5.74, 6) is -1.19. The van der Waals surface area contributed by atoms with E-state index in [1.165, 1.54) is 18.4 Å². The molecule has 0 radical (unpaired) electrons. The molecule has 0 aliphatic heterocycles. The van der Waals surface area contributed by atoms with E-state index >= 15 is 0 Å². The highest BCUT2D eigenvalue weighted by Gasteiger charge is 2.30. The van der Waals surface area contributed by atoms with Crippen LogP contribution in [0.4, 0.5) is 0 Å². The lowest BCUT2D eigenvalue weighted by atomic mass is 9.82. The number of aromatic hydroxyl groups is 3. The molecule has 2 aromatic heterocycles. The summed E-state index contributed by atoms with van der Waals surface area (Å²) in [6.45, 7) is 7.48. The lowest BCUT2D eigenvalue weighted by Crippen LogP contribution is -2.15. The van der Waals surface area contributed by atoms with Crippen LogP contribution in [0.25, 0.3) is 32.9 Å². The van der Waals surface area contributed by atoms with Gasteiger partial charge in [0.25, 0.3) is 0 Å². The number of benzene rings is 2. The Labute approximate surface area is 147 Å². The van der Waals surface area contributed by atoms with Crippen LogP contribution in [0.3, 0.4) is 0 Å². The fourth-order valence-electron chi connectivity index (χ4n) is 3.25. The number of rotatable bonds is 2. The summed E-state index contributed by atoms with van der Waals surface area (Å²) in [6.07, 6.45) is 3.08. The van der Waals surface area contributed by atoms with Crippen LogP contribution in [0.15, 0.2) is 50.7 Å². The molecule has 0 spiro atoms. The van der Waals surface area contributed by atoms with Gasteiger partial charge in [0.1, 0.15) is 16.7 Å². The maximum atomic E-state index is 13.0. The lowest BCUT2D eigenvalue weighted by molar-refractivity contribution is 0.401. The second-order valence-electron chi connectivity index (χ2n) is 6.76. The molecular weight excluding hydrogens is 336 g/mol. The van der Waals surface area contributed by atoms with Crippen molar-refractivity contribution >= 4 is 32.9 Å². The molecule has 0 aliphatic rings. The fourth-order valence-corrected chi connectivity index (χ4v) is 3.25. The zero-order valence-electron chi connectivity index (χ0n) is 14.2. The van der Waals surface area contributed by atoms with Gasteiger partial charge < -0.3 is 24.2 Å². The Morgan fingerprint density at radius 2 is 1.73 bits per heavy atom. The van der Waals surface area contributed by atoms with Crippen molar-refractivity contribution in [2.24, 2.45) is 0 Å². The molecule has 0 atom stereocenters. The average molecular weight is 352 g/mol. The average Bonchev–Trinajstić information content (AvgIpc) is 3.07. The molecule has 2 heterocycles. The number of fused-ring (bicyclic) bond motifs is 4. The Hall–Kier alpha value is -3.41. The van der Waals surface area contributed by atoms with E-state index in [0.29, 0.717) is 16.5 Å². The van der Waals surface area contributed by atoms with E-state index in [2.05, 4.69) is 6.58 Å². The molecule has 0 unspecified atom stereocenters. The minimum absolute atomic E-state index is 0.0126. The van der Waals surface area contributed by atoms with Crippen molar-refractivity contribution in [1.82, 2.24) is 0 Å². The molecule has 26 heavy (non-hydrogen) atoms. The van der Waals surface area contributed by atoms with Gasteiger partial charge in [0, 0.05) is 11.0 Å². The highest BCUT2D eigenvalue weighted by molar-refractivity contribution is 6.10. The third-order valence-electron chi connectivity index (χ3n) is 4.78. The van der Waals surface area contributed by atoms with E-state index in [-0.39, 0.29) is 27.7 Å². The predicted molar refractivity (Wildman–Crippen MR) is 98.0 cm³/mol. The van der Waals surface area contributed by atoms with Crippen LogP contribution in [0.1, 0.15) is 19.4 Å². The van der Waals surface area contributed by atoms with Crippen molar-refractivity contribution < 1.29 is 24.2 Å². The maximum absolute atomic E-state index is 13.0. The van der Waals surface area contributed by atoms with Crippen LogP contribution in [0.5, 0.6) is 17.2 Å². The summed E-state index contributed by atoms with van der Waals surface area (Å²) < 4.78 is 11.3. The first-order valence-corrected chi connectivity index (χ1v) is 7.95. The molecule has 0 aliphatic carbocycles. The molecule has 0 bridgehead atoms. The number of phenolic OH excluding ortho intramolecular Hbond substituents is 3. The molecule has 6 nitrogen and oxygen atoms in total. The van der Waals surface area contributed by atoms with Gasteiger partial charge in [-0.25, -0.2) is 0 Å². The van der Waals surface area contributed by atoms with Gasteiger partial charge in [0.05, 0.1) is 17.0 Å². The molecule has 132 valence electrons. The van der Waals surface area contributed by atoms with Gasteiger partial charge in [0.15, 0.2) is 16.9 Å². The zero-order chi connectivity index (χ0) is 18.8. The van der Waals surface area contributed by atoms with Crippen LogP contribution >= 0.6 is 0 Å². The van der Waals surface area contributed by atoms with E-state index in [1.54, 1.807) is 12.1 Å². The van der Waals surface area contributed by atoms with E-state index in [4.69, 9.17) is 8.83 Å². The summed E-state index contributed by atoms with van der Waals surface area (Å²) >= 11 is 0. The van der Waals surface area contributed by atoms with Crippen molar-refractivity contribution in [2.45, 2.75) is 19.3 Å². The number of furan rings is 1. The van der Waals surface area contributed by atoms with Crippen molar-refractivity contribution in [1.29, 1.82) is 0 Å². The van der Waals surface area contributed by atoms with E-state index in [0.717, 1.165) is 0 Å². The molecule has 3 N–H and O–H groups in total. The maximum Gasteiger partial charge on any atom is 0.204 e. The van der Waals surface area contributed by atoms with Crippen molar-refractivity contribution in [3.8, 4) is 17.2 Å². The van der Waals surface area contributed by atoms with E-state index < -0.39 is 22.3 Å². The van der Waals surface area contributed by atoms with Gasteiger partial charge in [-0.3, -0.25) is 4.79 Å². The van der Waals surface area contributed by atoms with Crippen molar-refractivity contribution in [2.75, 3.05) is 0 Å². The first-order chi connectivity index (χ1) is 12.3. The van der Waals surface area contributed by atoms with Crippen molar-refractivity contribution in [3.63, 3.8) is 0 Å². The first-order valence-electron chi connectivity index (χ1n) is 7.95. The summed E-state index contributed by atoms with van der Waals surface area (Å²) in [7, 11) is 0. The number of allylic oxidation sites excluding steroid dienone is 1. The number of phenols is 3. The van der Waals surface area contributed by atoms with Gasteiger partial charge in [-0.2, -0.15) is 0 Å².